The Hall–Kier alpha value is -1.94. The van der Waals surface area contributed by atoms with Crippen LogP contribution in [0.2, 0.25) is 5.15 Å². The summed E-state index contributed by atoms with van der Waals surface area (Å²) < 4.78 is 0. The van der Waals surface area contributed by atoms with Crippen LogP contribution in [0.3, 0.4) is 0 Å². The molecule has 0 aliphatic heterocycles. The smallest absolute Gasteiger partial charge is 0.258 e. The fourth-order valence-electron chi connectivity index (χ4n) is 1.96. The van der Waals surface area contributed by atoms with E-state index in [1.54, 1.807) is 0 Å². The van der Waals surface area contributed by atoms with E-state index in [2.05, 4.69) is 4.98 Å². The Morgan fingerprint density at radius 3 is 2.32 bits per heavy atom. The second-order valence-corrected chi connectivity index (χ2v) is 4.93. The molecule has 0 saturated carbocycles. The first kappa shape index (κ1) is 13.5. The number of rotatable bonds is 2. The predicted octanol–water partition coefficient (Wildman–Crippen LogP) is 4.24. The molecule has 0 bridgehead atoms. The summed E-state index contributed by atoms with van der Waals surface area (Å²) in [7, 11) is 0. The number of pyridine rings is 1. The fourth-order valence-corrected chi connectivity index (χ4v) is 2.17. The van der Waals surface area contributed by atoms with Gasteiger partial charge in [-0.2, -0.15) is 0 Å². The monoisotopic (exact) mass is 276 g/mol. The van der Waals surface area contributed by atoms with E-state index in [0.29, 0.717) is 5.69 Å². The van der Waals surface area contributed by atoms with Gasteiger partial charge in [-0.25, -0.2) is 4.98 Å². The number of hydrogen-bond acceptors (Lipinski definition) is 3. The van der Waals surface area contributed by atoms with E-state index in [9.17, 15) is 10.1 Å². The van der Waals surface area contributed by atoms with E-state index in [-0.39, 0.29) is 10.8 Å². The van der Waals surface area contributed by atoms with Crippen molar-refractivity contribution < 1.29 is 4.92 Å². The molecule has 2 rings (SSSR count). The van der Waals surface area contributed by atoms with Crippen molar-refractivity contribution in [1.82, 2.24) is 4.98 Å². The Morgan fingerprint density at radius 1 is 1.05 bits per heavy atom. The maximum absolute atomic E-state index is 10.9. The molecule has 0 spiro atoms. The zero-order chi connectivity index (χ0) is 14.2. The third kappa shape index (κ3) is 2.74. The van der Waals surface area contributed by atoms with Crippen molar-refractivity contribution in [1.29, 1.82) is 0 Å². The zero-order valence-electron chi connectivity index (χ0n) is 10.9. The predicted molar refractivity (Wildman–Crippen MR) is 75.5 cm³/mol. The van der Waals surface area contributed by atoms with Gasteiger partial charge >= 0.3 is 0 Å². The molecular weight excluding hydrogens is 264 g/mol. The Labute approximate surface area is 116 Å². The lowest BCUT2D eigenvalue weighted by atomic mass is 9.98. The fraction of sp³-hybridized carbons (Fsp3) is 0.214. The maximum Gasteiger partial charge on any atom is 0.274 e. The Morgan fingerprint density at radius 2 is 1.68 bits per heavy atom. The maximum atomic E-state index is 10.9. The van der Waals surface area contributed by atoms with Crippen LogP contribution < -0.4 is 0 Å². The van der Waals surface area contributed by atoms with E-state index in [4.69, 9.17) is 11.6 Å². The number of nitro groups is 1. The minimum atomic E-state index is -0.465. The molecule has 2 aromatic rings. The Balaban J connectivity index is 2.65. The Kier molecular flexibility index (Phi) is 3.53. The SMILES string of the molecule is Cc1cc(C)c(-c2cc([N+](=O)[O-])cc(Cl)n2)cc1C. The summed E-state index contributed by atoms with van der Waals surface area (Å²) in [6, 6.07) is 6.72. The lowest BCUT2D eigenvalue weighted by Gasteiger charge is -2.09. The molecule has 0 fully saturated rings. The molecule has 0 N–H and O–H groups in total. The molecule has 0 radical (unpaired) electrons. The summed E-state index contributed by atoms with van der Waals surface area (Å²) in [4.78, 5) is 14.6. The van der Waals surface area contributed by atoms with Crippen LogP contribution in [0, 0.1) is 30.9 Å². The first-order valence-electron chi connectivity index (χ1n) is 5.78. The Bertz CT molecular complexity index is 669. The van der Waals surface area contributed by atoms with Crippen molar-refractivity contribution in [3.05, 3.63) is 56.2 Å². The quantitative estimate of drug-likeness (QED) is 0.468. The van der Waals surface area contributed by atoms with Crippen molar-refractivity contribution >= 4 is 17.3 Å². The van der Waals surface area contributed by atoms with Crippen LogP contribution in [-0.2, 0) is 0 Å². The molecule has 98 valence electrons. The third-order valence-electron chi connectivity index (χ3n) is 3.11. The molecular formula is C14H13ClN2O2. The van der Waals surface area contributed by atoms with Gasteiger partial charge in [-0.1, -0.05) is 17.7 Å². The molecule has 0 unspecified atom stereocenters. The first-order valence-corrected chi connectivity index (χ1v) is 6.16. The molecule has 0 saturated heterocycles. The molecule has 1 aromatic carbocycles. The molecule has 4 nitrogen and oxygen atoms in total. The van der Waals surface area contributed by atoms with Crippen molar-refractivity contribution in [2.75, 3.05) is 0 Å². The largest absolute Gasteiger partial charge is 0.274 e. The summed E-state index contributed by atoms with van der Waals surface area (Å²) in [5, 5.41) is 11.0. The lowest BCUT2D eigenvalue weighted by molar-refractivity contribution is -0.384. The molecule has 0 aliphatic rings. The molecule has 1 heterocycles. The van der Waals surface area contributed by atoms with Crippen molar-refractivity contribution in [2.45, 2.75) is 20.8 Å². The van der Waals surface area contributed by atoms with Gasteiger partial charge in [0.15, 0.2) is 0 Å². The summed E-state index contributed by atoms with van der Waals surface area (Å²) >= 11 is 5.85. The van der Waals surface area contributed by atoms with Gasteiger partial charge in [0.25, 0.3) is 5.69 Å². The van der Waals surface area contributed by atoms with Crippen LogP contribution >= 0.6 is 11.6 Å². The topological polar surface area (TPSA) is 56.0 Å². The van der Waals surface area contributed by atoms with Gasteiger partial charge in [0.1, 0.15) is 5.15 Å². The van der Waals surface area contributed by atoms with E-state index in [0.717, 1.165) is 16.7 Å². The number of halogens is 1. The summed E-state index contributed by atoms with van der Waals surface area (Å²) in [6.45, 7) is 5.98. The van der Waals surface area contributed by atoms with Gasteiger partial charge in [0.2, 0.25) is 0 Å². The lowest BCUT2D eigenvalue weighted by Crippen LogP contribution is -1.94. The third-order valence-corrected chi connectivity index (χ3v) is 3.30. The first-order chi connectivity index (χ1) is 8.88. The highest BCUT2D eigenvalue weighted by molar-refractivity contribution is 6.29. The van der Waals surface area contributed by atoms with Gasteiger partial charge < -0.3 is 0 Å². The normalized spacial score (nSPS) is 10.5. The number of aryl methyl sites for hydroxylation is 3. The van der Waals surface area contributed by atoms with Crippen molar-refractivity contribution in [2.24, 2.45) is 0 Å². The molecule has 0 atom stereocenters. The van der Waals surface area contributed by atoms with Gasteiger partial charge in [-0.15, -0.1) is 0 Å². The van der Waals surface area contributed by atoms with Crippen molar-refractivity contribution in [3.8, 4) is 11.3 Å². The van der Waals surface area contributed by atoms with Crippen LogP contribution in [-0.4, -0.2) is 9.91 Å². The number of hydrogen-bond donors (Lipinski definition) is 0. The summed E-state index contributed by atoms with van der Waals surface area (Å²) in [5.74, 6) is 0. The average Bonchev–Trinajstić information content (AvgIpc) is 2.33. The minimum absolute atomic E-state index is 0.0485. The molecule has 0 aliphatic carbocycles. The standard InChI is InChI=1S/C14H13ClN2O2/c1-8-4-10(3)12(5-9(8)2)13-6-11(17(18)19)7-14(15)16-13/h4-7H,1-3H3. The van der Waals surface area contributed by atoms with Crippen LogP contribution in [0.25, 0.3) is 11.3 Å². The van der Waals surface area contributed by atoms with Crippen LogP contribution in [0.1, 0.15) is 16.7 Å². The molecule has 19 heavy (non-hydrogen) atoms. The average molecular weight is 277 g/mol. The molecule has 0 amide bonds. The minimum Gasteiger partial charge on any atom is -0.258 e. The molecule has 5 heteroatoms. The zero-order valence-corrected chi connectivity index (χ0v) is 11.7. The van der Waals surface area contributed by atoms with Gasteiger partial charge in [0.05, 0.1) is 16.7 Å². The van der Waals surface area contributed by atoms with E-state index >= 15 is 0 Å². The summed E-state index contributed by atoms with van der Waals surface area (Å²) in [6.07, 6.45) is 0. The van der Waals surface area contributed by atoms with Crippen LogP contribution in [0.4, 0.5) is 5.69 Å². The number of nitrogens with zero attached hydrogens (tertiary/aromatic N) is 2. The van der Waals surface area contributed by atoms with E-state index in [1.807, 2.05) is 32.9 Å². The second kappa shape index (κ2) is 4.97. The van der Waals surface area contributed by atoms with Gasteiger partial charge in [-0.3, -0.25) is 10.1 Å². The van der Waals surface area contributed by atoms with Crippen LogP contribution in [0.15, 0.2) is 24.3 Å². The highest BCUT2D eigenvalue weighted by Crippen LogP contribution is 2.29. The highest BCUT2D eigenvalue weighted by Gasteiger charge is 2.13. The summed E-state index contributed by atoms with van der Waals surface area (Å²) in [5.41, 5.74) is 4.66. The number of aromatic nitrogens is 1. The van der Waals surface area contributed by atoms with Gasteiger partial charge in [-0.05, 0) is 43.5 Å². The van der Waals surface area contributed by atoms with E-state index < -0.39 is 4.92 Å². The molecule has 1 aromatic heterocycles. The van der Waals surface area contributed by atoms with Gasteiger partial charge in [0, 0.05) is 11.6 Å². The van der Waals surface area contributed by atoms with Crippen LogP contribution in [0.5, 0.6) is 0 Å². The second-order valence-electron chi connectivity index (χ2n) is 4.54. The highest BCUT2D eigenvalue weighted by atomic mass is 35.5. The number of benzene rings is 1. The van der Waals surface area contributed by atoms with E-state index in [1.165, 1.54) is 17.7 Å². The van der Waals surface area contributed by atoms with Crippen molar-refractivity contribution in [3.63, 3.8) is 0 Å².